The van der Waals surface area contributed by atoms with E-state index < -0.39 is 0 Å². The van der Waals surface area contributed by atoms with Crippen LogP contribution in [0.3, 0.4) is 0 Å². The van der Waals surface area contributed by atoms with E-state index in [4.69, 9.17) is 0 Å². The van der Waals surface area contributed by atoms with Gasteiger partial charge in [-0.15, -0.1) is 0 Å². The van der Waals surface area contributed by atoms with Gasteiger partial charge in [0.1, 0.15) is 6.29 Å². The first-order valence-corrected chi connectivity index (χ1v) is 7.54. The van der Waals surface area contributed by atoms with Crippen molar-refractivity contribution < 1.29 is 4.79 Å². The summed E-state index contributed by atoms with van der Waals surface area (Å²) in [6, 6.07) is 5.83. The molecule has 104 valence electrons. The van der Waals surface area contributed by atoms with Gasteiger partial charge in [0.15, 0.2) is 0 Å². The maximum Gasteiger partial charge on any atom is 0.150 e. The van der Waals surface area contributed by atoms with Gasteiger partial charge in [0, 0.05) is 29.7 Å². The molecule has 4 heteroatoms. The molecule has 19 heavy (non-hydrogen) atoms. The fourth-order valence-electron chi connectivity index (χ4n) is 2.73. The van der Waals surface area contributed by atoms with Gasteiger partial charge in [0.05, 0.1) is 5.69 Å². The molecule has 1 heterocycles. The van der Waals surface area contributed by atoms with Crippen molar-refractivity contribution in [2.24, 2.45) is 5.92 Å². The van der Waals surface area contributed by atoms with Crippen LogP contribution in [0, 0.1) is 5.92 Å². The summed E-state index contributed by atoms with van der Waals surface area (Å²) in [7, 11) is 4.28. The highest BCUT2D eigenvalue weighted by Gasteiger charge is 2.21. The lowest BCUT2D eigenvalue weighted by Gasteiger charge is -2.35. The fourth-order valence-corrected chi connectivity index (χ4v) is 3.37. The highest BCUT2D eigenvalue weighted by atomic mass is 79.9. The number of anilines is 1. The van der Waals surface area contributed by atoms with Gasteiger partial charge in [0.25, 0.3) is 0 Å². The van der Waals surface area contributed by atoms with Crippen molar-refractivity contribution in [1.82, 2.24) is 4.90 Å². The molecule has 0 aliphatic carbocycles. The number of carbonyl (C=O) groups excluding carboxylic acids is 1. The number of aldehydes is 1. The van der Waals surface area contributed by atoms with Gasteiger partial charge in [-0.05, 0) is 67.0 Å². The van der Waals surface area contributed by atoms with Crippen molar-refractivity contribution in [2.45, 2.75) is 12.8 Å². The van der Waals surface area contributed by atoms with Crippen molar-refractivity contribution in [3.8, 4) is 0 Å². The lowest BCUT2D eigenvalue weighted by molar-refractivity contribution is 0.112. The smallest absolute Gasteiger partial charge is 0.150 e. The Morgan fingerprint density at radius 2 is 2.05 bits per heavy atom. The van der Waals surface area contributed by atoms with E-state index >= 15 is 0 Å². The van der Waals surface area contributed by atoms with E-state index in [-0.39, 0.29) is 0 Å². The van der Waals surface area contributed by atoms with E-state index in [2.05, 4.69) is 39.8 Å². The topological polar surface area (TPSA) is 23.6 Å². The molecule has 1 aromatic carbocycles. The summed E-state index contributed by atoms with van der Waals surface area (Å²) in [5.74, 6) is 0.805. The second-order valence-electron chi connectivity index (χ2n) is 5.52. The lowest BCUT2D eigenvalue weighted by atomic mass is 9.96. The fraction of sp³-hybridized carbons (Fsp3) is 0.533. The minimum Gasteiger partial charge on any atom is -0.371 e. The Morgan fingerprint density at radius 1 is 1.37 bits per heavy atom. The Kier molecular flexibility index (Phi) is 4.99. The molecule has 2 rings (SSSR count). The van der Waals surface area contributed by atoms with Crippen molar-refractivity contribution in [1.29, 1.82) is 0 Å². The molecule has 0 aromatic heterocycles. The van der Waals surface area contributed by atoms with Crippen molar-refractivity contribution in [2.75, 3.05) is 38.6 Å². The number of benzene rings is 1. The highest BCUT2D eigenvalue weighted by molar-refractivity contribution is 9.10. The lowest BCUT2D eigenvalue weighted by Crippen LogP contribution is -2.37. The molecule has 0 amide bonds. The van der Waals surface area contributed by atoms with Gasteiger partial charge in [0.2, 0.25) is 0 Å². The normalized spacial score (nSPS) is 16.9. The summed E-state index contributed by atoms with van der Waals surface area (Å²) in [6.07, 6.45) is 3.36. The molecule has 0 radical (unpaired) electrons. The highest BCUT2D eigenvalue weighted by Crippen LogP contribution is 2.30. The molecular formula is C15H21BrN2O. The first-order chi connectivity index (χ1) is 9.10. The van der Waals surface area contributed by atoms with E-state index in [9.17, 15) is 4.79 Å². The van der Waals surface area contributed by atoms with Crippen LogP contribution in [0.2, 0.25) is 0 Å². The van der Waals surface area contributed by atoms with Gasteiger partial charge in [-0.25, -0.2) is 0 Å². The molecule has 0 spiro atoms. The minimum absolute atomic E-state index is 0.720. The van der Waals surface area contributed by atoms with Crippen LogP contribution in [0.4, 0.5) is 5.69 Å². The Morgan fingerprint density at radius 3 is 2.58 bits per heavy atom. The standard InChI is InChI=1S/C15H21BrN2O/c1-17(2)10-12-5-7-18(8-6-12)15-4-3-13(11-19)9-14(15)16/h3-4,9,11-12H,5-8,10H2,1-2H3. The summed E-state index contributed by atoms with van der Waals surface area (Å²) in [4.78, 5) is 15.4. The first-order valence-electron chi connectivity index (χ1n) is 6.74. The zero-order chi connectivity index (χ0) is 13.8. The van der Waals surface area contributed by atoms with Gasteiger partial charge < -0.3 is 9.80 Å². The zero-order valence-electron chi connectivity index (χ0n) is 11.6. The maximum atomic E-state index is 10.8. The van der Waals surface area contributed by atoms with Gasteiger partial charge in [-0.2, -0.15) is 0 Å². The summed E-state index contributed by atoms with van der Waals surface area (Å²) < 4.78 is 1.02. The number of hydrogen-bond donors (Lipinski definition) is 0. The Balaban J connectivity index is 1.99. The van der Waals surface area contributed by atoms with Crippen LogP contribution >= 0.6 is 15.9 Å². The predicted octanol–water partition coefficient (Wildman–Crippen LogP) is 3.04. The summed E-state index contributed by atoms with van der Waals surface area (Å²) >= 11 is 3.57. The third-order valence-electron chi connectivity index (χ3n) is 3.69. The molecule has 1 aliphatic rings. The average Bonchev–Trinajstić information content (AvgIpc) is 2.39. The molecule has 1 fully saturated rings. The summed E-state index contributed by atoms with van der Waals surface area (Å²) in [6.45, 7) is 3.37. The molecule has 0 unspecified atom stereocenters. The molecule has 1 aliphatic heterocycles. The number of carbonyl (C=O) groups is 1. The SMILES string of the molecule is CN(C)CC1CCN(c2ccc(C=O)cc2Br)CC1. The molecular weight excluding hydrogens is 304 g/mol. The molecule has 0 atom stereocenters. The predicted molar refractivity (Wildman–Crippen MR) is 83.0 cm³/mol. The minimum atomic E-state index is 0.720. The molecule has 1 aromatic rings. The number of halogens is 1. The van der Waals surface area contributed by atoms with Crippen LogP contribution in [0.1, 0.15) is 23.2 Å². The molecule has 0 saturated carbocycles. The zero-order valence-corrected chi connectivity index (χ0v) is 13.2. The molecule has 1 saturated heterocycles. The van der Waals surface area contributed by atoms with Gasteiger partial charge in [-0.3, -0.25) is 4.79 Å². The van der Waals surface area contributed by atoms with E-state index in [0.29, 0.717) is 0 Å². The van der Waals surface area contributed by atoms with E-state index in [1.165, 1.54) is 25.1 Å². The summed E-state index contributed by atoms with van der Waals surface area (Å²) in [5.41, 5.74) is 1.92. The molecule has 0 N–H and O–H groups in total. The van der Waals surface area contributed by atoms with Crippen LogP contribution in [0.25, 0.3) is 0 Å². The third kappa shape index (κ3) is 3.80. The second-order valence-corrected chi connectivity index (χ2v) is 6.38. The van der Waals surface area contributed by atoms with Gasteiger partial charge >= 0.3 is 0 Å². The Hall–Kier alpha value is -0.870. The van der Waals surface area contributed by atoms with E-state index in [1.54, 1.807) is 0 Å². The quantitative estimate of drug-likeness (QED) is 0.795. The number of rotatable bonds is 4. The average molecular weight is 325 g/mol. The van der Waals surface area contributed by atoms with Crippen LogP contribution in [-0.2, 0) is 0 Å². The van der Waals surface area contributed by atoms with Crippen LogP contribution < -0.4 is 4.90 Å². The van der Waals surface area contributed by atoms with E-state index in [1.807, 2.05) is 18.2 Å². The Labute approximate surface area is 123 Å². The first kappa shape index (κ1) is 14.5. The maximum absolute atomic E-state index is 10.8. The van der Waals surface area contributed by atoms with Crippen LogP contribution in [-0.4, -0.2) is 44.9 Å². The number of piperidine rings is 1. The Bertz CT molecular complexity index is 440. The second kappa shape index (κ2) is 6.53. The monoisotopic (exact) mass is 324 g/mol. The largest absolute Gasteiger partial charge is 0.371 e. The van der Waals surface area contributed by atoms with E-state index in [0.717, 1.165) is 35.3 Å². The summed E-state index contributed by atoms with van der Waals surface area (Å²) in [5, 5.41) is 0. The number of hydrogen-bond acceptors (Lipinski definition) is 3. The molecule has 0 bridgehead atoms. The van der Waals surface area contributed by atoms with Crippen LogP contribution in [0.15, 0.2) is 22.7 Å². The van der Waals surface area contributed by atoms with Crippen molar-refractivity contribution in [3.05, 3.63) is 28.2 Å². The van der Waals surface area contributed by atoms with Crippen LogP contribution in [0.5, 0.6) is 0 Å². The molecule has 3 nitrogen and oxygen atoms in total. The number of nitrogens with zero attached hydrogens (tertiary/aromatic N) is 2. The third-order valence-corrected chi connectivity index (χ3v) is 4.32. The van der Waals surface area contributed by atoms with Gasteiger partial charge in [-0.1, -0.05) is 0 Å². The van der Waals surface area contributed by atoms with Crippen molar-refractivity contribution >= 4 is 27.9 Å². The van der Waals surface area contributed by atoms with Crippen molar-refractivity contribution in [3.63, 3.8) is 0 Å².